The molecule has 7 nitrogen and oxygen atoms in total. The molecule has 0 unspecified atom stereocenters. The standard InChI is InChI=1S/C20H24FN5O2S/c1-11-6-20(7-13-5-17(24-14-3-4-14)22-8-15(13)28-20)10-26(11)9-16-18(21)25-19(29-16)23-12(2)27/h5,8,11,14H,3-4,6-7,9-10H2,1-2H3,(H,22,24)(H,23,25,27)/t11-,20-/m0/s1. The highest BCUT2D eigenvalue weighted by Crippen LogP contribution is 2.43. The van der Waals surface area contributed by atoms with Crippen molar-refractivity contribution in [3.8, 4) is 5.75 Å². The summed E-state index contributed by atoms with van der Waals surface area (Å²) >= 11 is 1.19. The Kier molecular flexibility index (Phi) is 4.47. The first kappa shape index (κ1) is 18.7. The number of nitrogens with one attached hydrogen (secondary N) is 2. The Bertz CT molecular complexity index is 962. The maximum Gasteiger partial charge on any atom is 0.230 e. The van der Waals surface area contributed by atoms with Crippen LogP contribution in [0.4, 0.5) is 15.3 Å². The quantitative estimate of drug-likeness (QED) is 0.778. The molecule has 29 heavy (non-hydrogen) atoms. The molecule has 0 aromatic carbocycles. The number of carbonyl (C=O) groups is 1. The Morgan fingerprint density at radius 3 is 3.07 bits per heavy atom. The average molecular weight is 418 g/mol. The number of hydrogen-bond donors (Lipinski definition) is 2. The highest BCUT2D eigenvalue weighted by molar-refractivity contribution is 7.15. The predicted molar refractivity (Wildman–Crippen MR) is 109 cm³/mol. The number of amides is 1. The van der Waals surface area contributed by atoms with Gasteiger partial charge in [0.05, 0.1) is 11.1 Å². The van der Waals surface area contributed by atoms with E-state index >= 15 is 0 Å². The van der Waals surface area contributed by atoms with Crippen molar-refractivity contribution in [1.82, 2.24) is 14.9 Å². The molecule has 2 aliphatic heterocycles. The molecule has 5 rings (SSSR count). The summed E-state index contributed by atoms with van der Waals surface area (Å²) in [7, 11) is 0. The summed E-state index contributed by atoms with van der Waals surface area (Å²) in [6, 6.07) is 2.93. The van der Waals surface area contributed by atoms with Crippen LogP contribution < -0.4 is 15.4 Å². The van der Waals surface area contributed by atoms with E-state index in [2.05, 4.69) is 38.5 Å². The van der Waals surface area contributed by atoms with Crippen LogP contribution in [0.1, 0.15) is 43.6 Å². The number of thiazole rings is 1. The molecular formula is C20H24FN5O2S. The van der Waals surface area contributed by atoms with Gasteiger partial charge in [-0.15, -0.1) is 0 Å². The average Bonchev–Trinajstić information content (AvgIpc) is 3.19. The fourth-order valence-electron chi connectivity index (χ4n) is 4.34. The van der Waals surface area contributed by atoms with Gasteiger partial charge in [-0.05, 0) is 25.8 Å². The van der Waals surface area contributed by atoms with Gasteiger partial charge in [-0.3, -0.25) is 9.69 Å². The van der Waals surface area contributed by atoms with Crippen LogP contribution in [0, 0.1) is 5.95 Å². The first-order chi connectivity index (χ1) is 13.9. The van der Waals surface area contributed by atoms with Crippen LogP contribution >= 0.6 is 11.3 Å². The van der Waals surface area contributed by atoms with E-state index in [0.29, 0.717) is 22.6 Å². The van der Waals surface area contributed by atoms with E-state index in [-0.39, 0.29) is 17.6 Å². The zero-order valence-corrected chi connectivity index (χ0v) is 17.3. The Balaban J connectivity index is 1.28. The van der Waals surface area contributed by atoms with Crippen LogP contribution in [0.2, 0.25) is 0 Å². The van der Waals surface area contributed by atoms with Gasteiger partial charge in [-0.25, -0.2) is 4.98 Å². The van der Waals surface area contributed by atoms with Crippen molar-refractivity contribution in [1.29, 1.82) is 0 Å². The molecule has 1 spiro atoms. The molecule has 4 heterocycles. The molecule has 1 aliphatic carbocycles. The predicted octanol–water partition coefficient (Wildman–Crippen LogP) is 3.18. The third kappa shape index (κ3) is 3.81. The maximum absolute atomic E-state index is 14.3. The number of rotatable bonds is 5. The largest absolute Gasteiger partial charge is 0.484 e. The molecule has 0 radical (unpaired) electrons. The van der Waals surface area contributed by atoms with Crippen molar-refractivity contribution < 1.29 is 13.9 Å². The molecule has 1 amide bonds. The van der Waals surface area contributed by atoms with Crippen LogP contribution in [0.3, 0.4) is 0 Å². The number of pyridine rings is 1. The summed E-state index contributed by atoms with van der Waals surface area (Å²) in [5.74, 6) is 1.02. The van der Waals surface area contributed by atoms with Gasteiger partial charge >= 0.3 is 0 Å². The second kappa shape index (κ2) is 6.91. The summed E-state index contributed by atoms with van der Waals surface area (Å²) < 4.78 is 20.6. The van der Waals surface area contributed by atoms with E-state index < -0.39 is 5.95 Å². The number of halogens is 1. The number of carbonyl (C=O) groups excluding carboxylic acids is 1. The fourth-order valence-corrected chi connectivity index (χ4v) is 5.25. The van der Waals surface area contributed by atoms with Crippen LogP contribution in [0.15, 0.2) is 12.3 Å². The molecule has 2 N–H and O–H groups in total. The molecular weight excluding hydrogens is 393 g/mol. The summed E-state index contributed by atoms with van der Waals surface area (Å²) in [5, 5.41) is 6.30. The van der Waals surface area contributed by atoms with Crippen LogP contribution in [0.25, 0.3) is 0 Å². The van der Waals surface area contributed by atoms with E-state index in [1.807, 2.05) is 6.20 Å². The molecule has 1 saturated carbocycles. The van der Waals surface area contributed by atoms with Crippen molar-refractivity contribution in [2.75, 3.05) is 17.2 Å². The third-order valence-electron chi connectivity index (χ3n) is 5.78. The highest BCUT2D eigenvalue weighted by Gasteiger charge is 2.48. The first-order valence-electron chi connectivity index (χ1n) is 10.0. The normalized spacial score (nSPS) is 25.8. The Morgan fingerprint density at radius 1 is 1.48 bits per heavy atom. The zero-order chi connectivity index (χ0) is 20.2. The van der Waals surface area contributed by atoms with Crippen molar-refractivity contribution in [3.05, 3.63) is 28.7 Å². The number of nitrogens with zero attached hydrogens (tertiary/aromatic N) is 3. The number of fused-ring (bicyclic) bond motifs is 1. The second-order valence-corrected chi connectivity index (χ2v) is 9.51. The molecule has 2 fully saturated rings. The lowest BCUT2D eigenvalue weighted by molar-refractivity contribution is -0.114. The molecule has 154 valence electrons. The zero-order valence-electron chi connectivity index (χ0n) is 16.5. The van der Waals surface area contributed by atoms with Crippen LogP contribution in [-0.2, 0) is 17.8 Å². The summed E-state index contributed by atoms with van der Waals surface area (Å²) in [4.78, 5) is 22.3. The van der Waals surface area contributed by atoms with E-state index in [1.54, 1.807) is 0 Å². The minimum Gasteiger partial charge on any atom is -0.484 e. The second-order valence-electron chi connectivity index (χ2n) is 8.43. The van der Waals surface area contributed by atoms with Gasteiger partial charge in [0.1, 0.15) is 17.2 Å². The lowest BCUT2D eigenvalue weighted by Gasteiger charge is -2.23. The van der Waals surface area contributed by atoms with E-state index in [9.17, 15) is 9.18 Å². The Hall–Kier alpha value is -2.26. The first-order valence-corrected chi connectivity index (χ1v) is 10.8. The van der Waals surface area contributed by atoms with Crippen molar-refractivity contribution in [3.63, 3.8) is 0 Å². The molecule has 2 atom stereocenters. The molecule has 0 bridgehead atoms. The van der Waals surface area contributed by atoms with E-state index in [4.69, 9.17) is 4.74 Å². The molecule has 9 heteroatoms. The van der Waals surface area contributed by atoms with Gasteiger partial charge in [-0.2, -0.15) is 9.37 Å². The van der Waals surface area contributed by atoms with Crippen LogP contribution in [0.5, 0.6) is 5.75 Å². The molecule has 3 aliphatic rings. The monoisotopic (exact) mass is 417 g/mol. The smallest absolute Gasteiger partial charge is 0.230 e. The number of hydrogen-bond acceptors (Lipinski definition) is 7. The lowest BCUT2D eigenvalue weighted by Crippen LogP contribution is -2.37. The number of aromatic nitrogens is 2. The van der Waals surface area contributed by atoms with Crippen molar-refractivity contribution in [2.45, 2.75) is 63.8 Å². The molecule has 2 aromatic rings. The molecule has 2 aromatic heterocycles. The maximum atomic E-state index is 14.3. The number of anilines is 2. The van der Waals surface area contributed by atoms with E-state index in [1.165, 1.54) is 36.7 Å². The number of ether oxygens (including phenoxy) is 1. The van der Waals surface area contributed by atoms with Gasteiger partial charge < -0.3 is 15.4 Å². The SMILES string of the molecule is CC(=O)Nc1nc(F)c(CN2C[C@@]3(Cc4cc(NC5CC5)ncc4O3)C[C@@H]2C)s1. The topological polar surface area (TPSA) is 79.4 Å². The van der Waals surface area contributed by atoms with Gasteiger partial charge in [-0.1, -0.05) is 11.3 Å². The van der Waals surface area contributed by atoms with E-state index in [0.717, 1.165) is 31.0 Å². The third-order valence-corrected chi connectivity index (χ3v) is 6.71. The summed E-state index contributed by atoms with van der Waals surface area (Å²) in [6.07, 6.45) is 5.97. The fraction of sp³-hybridized carbons (Fsp3) is 0.550. The van der Waals surface area contributed by atoms with Crippen molar-refractivity contribution in [2.24, 2.45) is 0 Å². The van der Waals surface area contributed by atoms with Gasteiger partial charge in [0.2, 0.25) is 11.9 Å². The Morgan fingerprint density at radius 2 is 2.31 bits per heavy atom. The summed E-state index contributed by atoms with van der Waals surface area (Å²) in [6.45, 7) is 4.72. The lowest BCUT2D eigenvalue weighted by atomic mass is 9.95. The molecule has 1 saturated heterocycles. The minimum atomic E-state index is -0.512. The number of likely N-dealkylation sites (tertiary alicyclic amines) is 1. The Labute approximate surface area is 172 Å². The van der Waals surface area contributed by atoms with Crippen LogP contribution in [-0.4, -0.2) is 45.0 Å². The highest BCUT2D eigenvalue weighted by atomic mass is 32.1. The summed E-state index contributed by atoms with van der Waals surface area (Å²) in [5.41, 5.74) is 0.901. The van der Waals surface area contributed by atoms with Gasteiger partial charge in [0.25, 0.3) is 0 Å². The minimum absolute atomic E-state index is 0.250. The van der Waals surface area contributed by atoms with Crippen molar-refractivity contribution >= 4 is 28.2 Å². The van der Waals surface area contributed by atoms with Gasteiger partial charge in [0, 0.05) is 50.5 Å². The van der Waals surface area contributed by atoms with Gasteiger partial charge in [0.15, 0.2) is 5.13 Å².